The summed E-state index contributed by atoms with van der Waals surface area (Å²) in [5.41, 5.74) is 13.7. The van der Waals surface area contributed by atoms with Crippen LogP contribution in [0.15, 0.2) is 48.7 Å². The molecule has 9 nitrogen and oxygen atoms in total. The molecule has 0 spiro atoms. The van der Waals surface area contributed by atoms with Crippen LogP contribution in [0.4, 0.5) is 0 Å². The van der Waals surface area contributed by atoms with E-state index in [1.165, 1.54) is 0 Å². The van der Waals surface area contributed by atoms with Gasteiger partial charge in [-0.3, -0.25) is 9.59 Å². The minimum Gasteiger partial charge on any atom is -0.490 e. The maximum atomic E-state index is 11.0. The highest BCUT2D eigenvalue weighted by Gasteiger charge is 2.15. The van der Waals surface area contributed by atoms with E-state index >= 15 is 0 Å². The number of benzene rings is 2. The summed E-state index contributed by atoms with van der Waals surface area (Å²) in [5, 5.41) is 18.7. The number of aromatic nitrogens is 1. The van der Waals surface area contributed by atoms with Crippen molar-refractivity contribution in [3.63, 3.8) is 0 Å². The van der Waals surface area contributed by atoms with Crippen LogP contribution in [0.5, 0.6) is 11.5 Å². The molecule has 2 unspecified atom stereocenters. The summed E-state index contributed by atoms with van der Waals surface area (Å²) >= 11 is 0. The number of carboxylic acids is 2. The molecular weight excluding hydrogens is 402 g/mol. The average Bonchev–Trinajstić information content (AvgIpc) is 3.14. The summed E-state index contributed by atoms with van der Waals surface area (Å²) in [6.45, 7) is 0.626. The minimum atomic E-state index is -1.04. The third-order valence-electron chi connectivity index (χ3n) is 4.81. The van der Waals surface area contributed by atoms with E-state index in [0.29, 0.717) is 24.7 Å². The van der Waals surface area contributed by atoms with Crippen LogP contribution in [0.3, 0.4) is 0 Å². The van der Waals surface area contributed by atoms with Gasteiger partial charge < -0.3 is 36.1 Å². The number of aromatic amines is 1. The lowest BCUT2D eigenvalue weighted by atomic mass is 10.1. The van der Waals surface area contributed by atoms with E-state index in [-0.39, 0.29) is 12.8 Å². The Labute approximate surface area is 178 Å². The van der Waals surface area contributed by atoms with Crippen molar-refractivity contribution in [1.82, 2.24) is 4.98 Å². The van der Waals surface area contributed by atoms with Gasteiger partial charge in [0.2, 0.25) is 0 Å². The molecule has 1 aromatic heterocycles. The lowest BCUT2D eigenvalue weighted by Crippen LogP contribution is -2.32. The molecule has 1 heterocycles. The van der Waals surface area contributed by atoms with Gasteiger partial charge in [0.05, 0.1) is 0 Å². The van der Waals surface area contributed by atoms with Gasteiger partial charge in [0.25, 0.3) is 0 Å². The minimum absolute atomic E-state index is 0.218. The first kappa shape index (κ1) is 22.1. The predicted octanol–water partition coefficient (Wildman–Crippen LogP) is 1.53. The molecule has 31 heavy (non-hydrogen) atoms. The van der Waals surface area contributed by atoms with Gasteiger partial charge in [-0.05, 0) is 47.9 Å². The van der Waals surface area contributed by atoms with E-state index in [4.69, 9.17) is 31.2 Å². The molecule has 0 saturated heterocycles. The first-order valence-electron chi connectivity index (χ1n) is 9.75. The first-order chi connectivity index (χ1) is 14.8. The Hall–Kier alpha value is -3.56. The molecule has 2 aromatic carbocycles. The second-order valence-corrected chi connectivity index (χ2v) is 7.16. The van der Waals surface area contributed by atoms with E-state index in [0.717, 1.165) is 22.0 Å². The molecule has 0 amide bonds. The van der Waals surface area contributed by atoms with E-state index in [2.05, 4.69) is 4.98 Å². The third kappa shape index (κ3) is 5.97. The molecule has 3 rings (SSSR count). The summed E-state index contributed by atoms with van der Waals surface area (Å²) < 4.78 is 11.4. The predicted molar refractivity (Wildman–Crippen MR) is 114 cm³/mol. The number of fused-ring (bicyclic) bond motifs is 1. The van der Waals surface area contributed by atoms with Crippen LogP contribution in [-0.2, 0) is 22.4 Å². The van der Waals surface area contributed by atoms with Crippen molar-refractivity contribution in [2.45, 2.75) is 24.9 Å². The monoisotopic (exact) mass is 427 g/mol. The molecule has 0 aliphatic carbocycles. The Morgan fingerprint density at radius 2 is 1.45 bits per heavy atom. The zero-order valence-electron chi connectivity index (χ0n) is 16.8. The molecule has 0 aliphatic rings. The Bertz CT molecular complexity index is 1050. The number of carbonyl (C=O) groups is 2. The SMILES string of the molecule is NC(Cc1ccc(OCCOc2ccc3[nH]cc(CC(N)C(=O)O)c3c2)cc1)C(=O)O. The second-order valence-electron chi connectivity index (χ2n) is 7.16. The van der Waals surface area contributed by atoms with Gasteiger partial charge >= 0.3 is 11.9 Å². The molecule has 3 aromatic rings. The number of carboxylic acid groups (broad SMARTS) is 2. The van der Waals surface area contributed by atoms with Gasteiger partial charge in [-0.1, -0.05) is 12.1 Å². The maximum Gasteiger partial charge on any atom is 0.320 e. The summed E-state index contributed by atoms with van der Waals surface area (Å²) in [4.78, 5) is 24.9. The fourth-order valence-electron chi connectivity index (χ4n) is 3.12. The molecule has 7 N–H and O–H groups in total. The van der Waals surface area contributed by atoms with Crippen molar-refractivity contribution in [2.75, 3.05) is 13.2 Å². The Balaban J connectivity index is 1.51. The van der Waals surface area contributed by atoms with Crippen molar-refractivity contribution >= 4 is 22.8 Å². The maximum absolute atomic E-state index is 11.0. The highest BCUT2D eigenvalue weighted by molar-refractivity contribution is 5.85. The van der Waals surface area contributed by atoms with E-state index in [1.54, 1.807) is 30.5 Å². The van der Waals surface area contributed by atoms with Crippen molar-refractivity contribution < 1.29 is 29.3 Å². The van der Waals surface area contributed by atoms with Gasteiger partial charge in [0.15, 0.2) is 0 Å². The summed E-state index contributed by atoms with van der Waals surface area (Å²) in [6, 6.07) is 10.7. The summed E-state index contributed by atoms with van der Waals surface area (Å²) in [7, 11) is 0. The number of hydrogen-bond acceptors (Lipinski definition) is 6. The van der Waals surface area contributed by atoms with Crippen LogP contribution in [0.1, 0.15) is 11.1 Å². The number of rotatable bonds is 11. The smallest absolute Gasteiger partial charge is 0.320 e. The number of hydrogen-bond donors (Lipinski definition) is 5. The highest BCUT2D eigenvalue weighted by Crippen LogP contribution is 2.24. The van der Waals surface area contributed by atoms with Crippen molar-refractivity contribution in [3.05, 3.63) is 59.8 Å². The fourth-order valence-corrected chi connectivity index (χ4v) is 3.12. The number of aliphatic carboxylic acids is 2. The molecule has 0 fully saturated rings. The zero-order chi connectivity index (χ0) is 22.4. The van der Waals surface area contributed by atoms with E-state index in [9.17, 15) is 9.59 Å². The van der Waals surface area contributed by atoms with Gasteiger partial charge in [0, 0.05) is 23.5 Å². The van der Waals surface area contributed by atoms with Crippen LogP contribution in [0, 0.1) is 0 Å². The van der Waals surface area contributed by atoms with Crippen LogP contribution >= 0.6 is 0 Å². The normalized spacial score (nSPS) is 13.0. The van der Waals surface area contributed by atoms with Gasteiger partial charge in [-0.25, -0.2) is 0 Å². The quantitative estimate of drug-likeness (QED) is 0.288. The lowest BCUT2D eigenvalue weighted by molar-refractivity contribution is -0.139. The molecule has 9 heteroatoms. The van der Waals surface area contributed by atoms with Crippen molar-refractivity contribution in [2.24, 2.45) is 11.5 Å². The molecule has 0 bridgehead atoms. The first-order valence-corrected chi connectivity index (χ1v) is 9.75. The van der Waals surface area contributed by atoms with Crippen molar-refractivity contribution in [3.8, 4) is 11.5 Å². The van der Waals surface area contributed by atoms with Crippen LogP contribution in [0.2, 0.25) is 0 Å². The number of H-pyrrole nitrogens is 1. The summed E-state index contributed by atoms with van der Waals surface area (Å²) in [5.74, 6) is -0.801. The molecule has 0 aliphatic heterocycles. The van der Waals surface area contributed by atoms with E-state index < -0.39 is 24.0 Å². The topological polar surface area (TPSA) is 161 Å². The van der Waals surface area contributed by atoms with Gasteiger partial charge in [0.1, 0.15) is 36.8 Å². The summed E-state index contributed by atoms with van der Waals surface area (Å²) in [6.07, 6.45) is 2.22. The van der Waals surface area contributed by atoms with E-state index in [1.807, 2.05) is 18.2 Å². The average molecular weight is 427 g/mol. The lowest BCUT2D eigenvalue weighted by Gasteiger charge is -2.10. The van der Waals surface area contributed by atoms with Crippen LogP contribution < -0.4 is 20.9 Å². The van der Waals surface area contributed by atoms with Crippen molar-refractivity contribution in [1.29, 1.82) is 0 Å². The Morgan fingerprint density at radius 1 is 0.871 bits per heavy atom. The molecule has 0 radical (unpaired) electrons. The standard InChI is InChI=1S/C22H25N3O6/c23-18(21(26)27)9-13-1-3-15(4-2-13)30-7-8-31-16-5-6-20-17(11-16)14(12-25-20)10-19(24)22(28)29/h1-6,11-12,18-19,25H,7-10,23-24H2,(H,26,27)(H,28,29). The van der Waals surface area contributed by atoms with Gasteiger partial charge in [-0.15, -0.1) is 0 Å². The van der Waals surface area contributed by atoms with Crippen LogP contribution in [0.25, 0.3) is 10.9 Å². The molecule has 2 atom stereocenters. The zero-order valence-corrected chi connectivity index (χ0v) is 16.8. The largest absolute Gasteiger partial charge is 0.490 e. The third-order valence-corrected chi connectivity index (χ3v) is 4.81. The number of nitrogens with one attached hydrogen (secondary N) is 1. The fraction of sp³-hybridized carbons (Fsp3) is 0.273. The van der Waals surface area contributed by atoms with Crippen LogP contribution in [-0.4, -0.2) is 52.4 Å². The highest BCUT2D eigenvalue weighted by atomic mass is 16.5. The second kappa shape index (κ2) is 9.96. The molecule has 164 valence electrons. The Morgan fingerprint density at radius 3 is 2.10 bits per heavy atom. The van der Waals surface area contributed by atoms with Gasteiger partial charge in [-0.2, -0.15) is 0 Å². The molecular formula is C22H25N3O6. The Kier molecular flexibility index (Phi) is 7.11. The number of ether oxygens (including phenoxy) is 2. The molecule has 0 saturated carbocycles. The number of nitrogens with two attached hydrogens (primary N) is 2.